The summed E-state index contributed by atoms with van der Waals surface area (Å²) in [5.41, 5.74) is 4.72. The molecule has 1 aliphatic rings. The van der Waals surface area contributed by atoms with Crippen LogP contribution in [0.5, 0.6) is 0 Å². The minimum atomic E-state index is -4.38. The van der Waals surface area contributed by atoms with E-state index in [0.29, 0.717) is 11.7 Å². The summed E-state index contributed by atoms with van der Waals surface area (Å²) in [6, 6.07) is 1.95. The summed E-state index contributed by atoms with van der Waals surface area (Å²) in [6.45, 7) is 3.61. The SMILES string of the molecule is CC1CCN(c2cc(C(F)(F)F)cc(N)n2)CC1. The van der Waals surface area contributed by atoms with Gasteiger partial charge in [0, 0.05) is 13.1 Å². The molecule has 100 valence electrons. The number of hydrogen-bond donors (Lipinski definition) is 1. The normalized spacial score (nSPS) is 18.1. The molecule has 0 amide bonds. The van der Waals surface area contributed by atoms with Gasteiger partial charge in [-0.05, 0) is 30.9 Å². The molecule has 1 aromatic heterocycles. The van der Waals surface area contributed by atoms with Crippen molar-refractivity contribution in [1.29, 1.82) is 0 Å². The van der Waals surface area contributed by atoms with Gasteiger partial charge in [0.1, 0.15) is 11.6 Å². The molecule has 18 heavy (non-hydrogen) atoms. The molecule has 0 spiro atoms. The van der Waals surface area contributed by atoms with Gasteiger partial charge in [0.2, 0.25) is 0 Å². The monoisotopic (exact) mass is 259 g/mol. The van der Waals surface area contributed by atoms with E-state index in [1.807, 2.05) is 4.90 Å². The van der Waals surface area contributed by atoms with Crippen molar-refractivity contribution in [1.82, 2.24) is 4.98 Å². The number of anilines is 2. The smallest absolute Gasteiger partial charge is 0.384 e. The van der Waals surface area contributed by atoms with Crippen LogP contribution in [0.15, 0.2) is 12.1 Å². The number of piperidine rings is 1. The van der Waals surface area contributed by atoms with Crippen LogP contribution in [-0.2, 0) is 6.18 Å². The molecule has 2 rings (SSSR count). The van der Waals surface area contributed by atoms with Crippen molar-refractivity contribution in [2.24, 2.45) is 5.92 Å². The first-order chi connectivity index (χ1) is 8.36. The zero-order valence-corrected chi connectivity index (χ0v) is 10.2. The lowest BCUT2D eigenvalue weighted by Gasteiger charge is -2.31. The first kappa shape index (κ1) is 13.0. The summed E-state index contributed by atoms with van der Waals surface area (Å²) in [5, 5.41) is 0. The fourth-order valence-electron chi connectivity index (χ4n) is 2.10. The summed E-state index contributed by atoms with van der Waals surface area (Å²) < 4.78 is 38.0. The zero-order valence-electron chi connectivity index (χ0n) is 10.2. The summed E-state index contributed by atoms with van der Waals surface area (Å²) in [6.07, 6.45) is -2.44. The maximum absolute atomic E-state index is 12.7. The Morgan fingerprint density at radius 1 is 1.28 bits per heavy atom. The van der Waals surface area contributed by atoms with Crippen molar-refractivity contribution in [2.45, 2.75) is 25.9 Å². The maximum Gasteiger partial charge on any atom is 0.416 e. The van der Waals surface area contributed by atoms with Crippen molar-refractivity contribution in [3.8, 4) is 0 Å². The highest BCUT2D eigenvalue weighted by Gasteiger charge is 2.32. The Morgan fingerprint density at radius 3 is 2.44 bits per heavy atom. The molecule has 0 aliphatic carbocycles. The van der Waals surface area contributed by atoms with Gasteiger partial charge in [-0.15, -0.1) is 0 Å². The van der Waals surface area contributed by atoms with E-state index < -0.39 is 11.7 Å². The molecule has 1 aromatic rings. The molecule has 0 aromatic carbocycles. The van der Waals surface area contributed by atoms with Crippen LogP contribution in [0.25, 0.3) is 0 Å². The average molecular weight is 259 g/mol. The number of halogens is 3. The van der Waals surface area contributed by atoms with Crippen LogP contribution in [0.3, 0.4) is 0 Å². The van der Waals surface area contributed by atoms with Crippen LogP contribution in [0.4, 0.5) is 24.8 Å². The number of aromatic nitrogens is 1. The van der Waals surface area contributed by atoms with Crippen molar-refractivity contribution < 1.29 is 13.2 Å². The van der Waals surface area contributed by atoms with Crippen LogP contribution >= 0.6 is 0 Å². The largest absolute Gasteiger partial charge is 0.416 e. The Kier molecular flexibility index (Phi) is 3.36. The van der Waals surface area contributed by atoms with Gasteiger partial charge in [0.05, 0.1) is 5.56 Å². The van der Waals surface area contributed by atoms with E-state index in [2.05, 4.69) is 11.9 Å². The van der Waals surface area contributed by atoms with Gasteiger partial charge in [-0.2, -0.15) is 13.2 Å². The molecule has 2 heterocycles. The Balaban J connectivity index is 2.25. The summed E-state index contributed by atoms with van der Waals surface area (Å²) in [4.78, 5) is 5.87. The number of hydrogen-bond acceptors (Lipinski definition) is 3. The molecule has 2 N–H and O–H groups in total. The average Bonchev–Trinajstić information content (AvgIpc) is 2.28. The lowest BCUT2D eigenvalue weighted by atomic mass is 9.99. The van der Waals surface area contributed by atoms with E-state index in [4.69, 9.17) is 5.73 Å². The van der Waals surface area contributed by atoms with Crippen molar-refractivity contribution in [2.75, 3.05) is 23.7 Å². The van der Waals surface area contributed by atoms with Crippen LogP contribution in [0, 0.1) is 5.92 Å². The minimum Gasteiger partial charge on any atom is -0.384 e. The molecule has 3 nitrogen and oxygen atoms in total. The maximum atomic E-state index is 12.7. The van der Waals surface area contributed by atoms with Gasteiger partial charge in [0.25, 0.3) is 0 Å². The van der Waals surface area contributed by atoms with Crippen LogP contribution in [0.2, 0.25) is 0 Å². The highest BCUT2D eigenvalue weighted by Crippen LogP contribution is 2.33. The zero-order chi connectivity index (χ0) is 13.3. The lowest BCUT2D eigenvalue weighted by molar-refractivity contribution is -0.137. The second-order valence-corrected chi connectivity index (χ2v) is 4.81. The van der Waals surface area contributed by atoms with Crippen molar-refractivity contribution in [3.05, 3.63) is 17.7 Å². The van der Waals surface area contributed by atoms with E-state index in [0.717, 1.165) is 38.1 Å². The molecule has 0 saturated carbocycles. The summed E-state index contributed by atoms with van der Waals surface area (Å²) in [5.74, 6) is 0.858. The van der Waals surface area contributed by atoms with E-state index >= 15 is 0 Å². The number of nitrogen functional groups attached to an aromatic ring is 1. The summed E-state index contributed by atoms with van der Waals surface area (Å²) >= 11 is 0. The van der Waals surface area contributed by atoms with Gasteiger partial charge in [-0.3, -0.25) is 0 Å². The molecular formula is C12H16F3N3. The topological polar surface area (TPSA) is 42.1 Å². The molecular weight excluding hydrogens is 243 g/mol. The van der Waals surface area contributed by atoms with Gasteiger partial charge in [-0.1, -0.05) is 6.92 Å². The molecule has 0 unspecified atom stereocenters. The second-order valence-electron chi connectivity index (χ2n) is 4.81. The van der Waals surface area contributed by atoms with E-state index in [1.54, 1.807) is 0 Å². The van der Waals surface area contributed by atoms with Crippen LogP contribution in [0.1, 0.15) is 25.3 Å². The van der Waals surface area contributed by atoms with E-state index in [1.165, 1.54) is 0 Å². The van der Waals surface area contributed by atoms with Gasteiger partial charge in [-0.25, -0.2) is 4.98 Å². The molecule has 1 saturated heterocycles. The van der Waals surface area contributed by atoms with Crippen molar-refractivity contribution in [3.63, 3.8) is 0 Å². The summed E-state index contributed by atoms with van der Waals surface area (Å²) in [7, 11) is 0. The van der Waals surface area contributed by atoms with Crippen LogP contribution < -0.4 is 10.6 Å². The number of nitrogens with two attached hydrogens (primary N) is 1. The third-order valence-corrected chi connectivity index (χ3v) is 3.27. The first-order valence-corrected chi connectivity index (χ1v) is 5.96. The number of alkyl halides is 3. The Morgan fingerprint density at radius 2 is 1.89 bits per heavy atom. The molecule has 0 atom stereocenters. The Bertz CT molecular complexity index is 423. The fourth-order valence-corrected chi connectivity index (χ4v) is 2.10. The number of pyridine rings is 1. The third kappa shape index (κ3) is 2.86. The Labute approximate surface area is 104 Å². The first-order valence-electron chi connectivity index (χ1n) is 5.96. The standard InChI is InChI=1S/C12H16F3N3/c1-8-2-4-18(5-3-8)11-7-9(12(13,14)15)6-10(16)17-11/h6-8H,2-5H2,1H3,(H2,16,17). The van der Waals surface area contributed by atoms with Gasteiger partial charge >= 0.3 is 6.18 Å². The predicted octanol–water partition coefficient (Wildman–Crippen LogP) is 2.92. The Hall–Kier alpha value is -1.46. The highest BCUT2D eigenvalue weighted by atomic mass is 19.4. The second kappa shape index (κ2) is 4.66. The van der Waals surface area contributed by atoms with E-state index in [9.17, 15) is 13.2 Å². The number of nitrogens with zero attached hydrogens (tertiary/aromatic N) is 2. The predicted molar refractivity (Wildman–Crippen MR) is 64.3 cm³/mol. The van der Waals surface area contributed by atoms with Crippen molar-refractivity contribution >= 4 is 11.6 Å². The minimum absolute atomic E-state index is 0.0848. The lowest BCUT2D eigenvalue weighted by Crippen LogP contribution is -2.33. The van der Waals surface area contributed by atoms with E-state index in [-0.39, 0.29) is 5.82 Å². The van der Waals surface area contributed by atoms with Gasteiger partial charge in [0.15, 0.2) is 0 Å². The quantitative estimate of drug-likeness (QED) is 0.843. The number of rotatable bonds is 1. The fraction of sp³-hybridized carbons (Fsp3) is 0.583. The molecule has 6 heteroatoms. The highest BCUT2D eigenvalue weighted by molar-refractivity contribution is 5.49. The third-order valence-electron chi connectivity index (χ3n) is 3.27. The van der Waals surface area contributed by atoms with Gasteiger partial charge < -0.3 is 10.6 Å². The molecule has 0 bridgehead atoms. The molecule has 1 aliphatic heterocycles. The molecule has 0 radical (unpaired) electrons. The molecule has 1 fully saturated rings. The van der Waals surface area contributed by atoms with Crippen LogP contribution in [-0.4, -0.2) is 18.1 Å².